The highest BCUT2D eigenvalue weighted by molar-refractivity contribution is 7.92. The van der Waals surface area contributed by atoms with Crippen molar-refractivity contribution in [3.05, 3.63) is 68.8 Å². The summed E-state index contributed by atoms with van der Waals surface area (Å²) < 4.78 is 25.7. The molecule has 0 heterocycles. The summed E-state index contributed by atoms with van der Waals surface area (Å²) in [6.45, 7) is 7.05. The van der Waals surface area contributed by atoms with E-state index >= 15 is 0 Å². The molecular formula is C21H27N3O5S. The van der Waals surface area contributed by atoms with Crippen LogP contribution in [0, 0.1) is 30.9 Å². The van der Waals surface area contributed by atoms with Crippen LogP contribution in [0.4, 0.5) is 11.4 Å². The number of carbonyl (C=O) groups excluding carboxylic acids is 1. The Morgan fingerprint density at radius 2 is 1.80 bits per heavy atom. The van der Waals surface area contributed by atoms with Crippen molar-refractivity contribution in [2.45, 2.75) is 40.2 Å². The number of nitro groups is 1. The maximum Gasteiger partial charge on any atom is 0.271 e. The molecule has 0 bridgehead atoms. The zero-order valence-corrected chi connectivity index (χ0v) is 18.6. The number of hydrogen-bond donors (Lipinski definition) is 1. The van der Waals surface area contributed by atoms with E-state index in [1.54, 1.807) is 6.92 Å². The van der Waals surface area contributed by atoms with Gasteiger partial charge in [0.2, 0.25) is 15.9 Å². The minimum Gasteiger partial charge on any atom is -0.348 e. The third-order valence-electron chi connectivity index (χ3n) is 4.90. The number of non-ortho nitro benzene ring substituents is 1. The van der Waals surface area contributed by atoms with Gasteiger partial charge in [-0.15, -0.1) is 0 Å². The van der Waals surface area contributed by atoms with E-state index in [0.717, 1.165) is 27.3 Å². The van der Waals surface area contributed by atoms with Gasteiger partial charge < -0.3 is 5.32 Å². The molecule has 2 rings (SSSR count). The molecule has 0 unspecified atom stereocenters. The third kappa shape index (κ3) is 5.56. The van der Waals surface area contributed by atoms with E-state index in [1.807, 2.05) is 39.0 Å². The topological polar surface area (TPSA) is 110 Å². The van der Waals surface area contributed by atoms with E-state index in [2.05, 4.69) is 5.32 Å². The van der Waals surface area contributed by atoms with Crippen LogP contribution in [0.25, 0.3) is 0 Å². The number of sulfonamides is 1. The average molecular weight is 434 g/mol. The minimum atomic E-state index is -3.85. The van der Waals surface area contributed by atoms with E-state index in [-0.39, 0.29) is 17.4 Å². The fraction of sp³-hybridized carbons (Fsp3) is 0.381. The quantitative estimate of drug-likeness (QED) is 0.506. The average Bonchev–Trinajstić information content (AvgIpc) is 2.64. The molecule has 30 heavy (non-hydrogen) atoms. The van der Waals surface area contributed by atoms with Crippen molar-refractivity contribution >= 4 is 27.3 Å². The van der Waals surface area contributed by atoms with E-state index < -0.39 is 27.4 Å². The van der Waals surface area contributed by atoms with Crippen LogP contribution >= 0.6 is 0 Å². The van der Waals surface area contributed by atoms with Crippen molar-refractivity contribution in [2.24, 2.45) is 0 Å². The second kappa shape index (κ2) is 9.25. The molecule has 0 aliphatic heterocycles. The van der Waals surface area contributed by atoms with Crippen LogP contribution in [0.15, 0.2) is 36.4 Å². The lowest BCUT2D eigenvalue weighted by atomic mass is 9.97. The van der Waals surface area contributed by atoms with Gasteiger partial charge in [-0.3, -0.25) is 19.2 Å². The van der Waals surface area contributed by atoms with Gasteiger partial charge in [-0.1, -0.05) is 36.8 Å². The Morgan fingerprint density at radius 1 is 1.13 bits per heavy atom. The fourth-order valence-corrected chi connectivity index (χ4v) is 4.25. The summed E-state index contributed by atoms with van der Waals surface area (Å²) in [5.74, 6) is -0.488. The number of hydrogen-bond acceptors (Lipinski definition) is 5. The molecule has 0 aromatic heterocycles. The van der Waals surface area contributed by atoms with Gasteiger partial charge in [-0.25, -0.2) is 8.42 Å². The predicted octanol–water partition coefficient (Wildman–Crippen LogP) is 3.55. The van der Waals surface area contributed by atoms with E-state index in [4.69, 9.17) is 0 Å². The zero-order valence-electron chi connectivity index (χ0n) is 17.8. The summed E-state index contributed by atoms with van der Waals surface area (Å²) in [5.41, 5.74) is 3.50. The molecule has 2 aromatic rings. The lowest BCUT2D eigenvalue weighted by Gasteiger charge is -2.25. The Balaban J connectivity index is 2.32. The summed E-state index contributed by atoms with van der Waals surface area (Å²) in [7, 11) is -3.85. The van der Waals surface area contributed by atoms with Crippen LogP contribution in [0.1, 0.15) is 41.6 Å². The van der Waals surface area contributed by atoms with Crippen molar-refractivity contribution in [3.8, 4) is 0 Å². The lowest BCUT2D eigenvalue weighted by Crippen LogP contribution is -2.42. The lowest BCUT2D eigenvalue weighted by molar-refractivity contribution is -0.384. The highest BCUT2D eigenvalue weighted by Gasteiger charge is 2.25. The Kier molecular flexibility index (Phi) is 7.20. The molecule has 8 nitrogen and oxygen atoms in total. The molecule has 0 aliphatic rings. The second-order valence-electron chi connectivity index (χ2n) is 7.39. The molecule has 9 heteroatoms. The molecule has 0 fully saturated rings. The smallest absolute Gasteiger partial charge is 0.271 e. The number of nitrogens with one attached hydrogen (secondary N) is 1. The molecule has 162 valence electrons. The van der Waals surface area contributed by atoms with Crippen molar-refractivity contribution in [3.63, 3.8) is 0 Å². The number of anilines is 1. The van der Waals surface area contributed by atoms with Crippen LogP contribution in [-0.2, 0) is 14.8 Å². The van der Waals surface area contributed by atoms with E-state index in [0.29, 0.717) is 12.0 Å². The predicted molar refractivity (Wildman–Crippen MR) is 117 cm³/mol. The second-order valence-corrected chi connectivity index (χ2v) is 9.29. The number of nitrogens with zero attached hydrogens (tertiary/aromatic N) is 2. The first-order chi connectivity index (χ1) is 13.9. The molecule has 0 saturated heterocycles. The summed E-state index contributed by atoms with van der Waals surface area (Å²) in [6, 6.07) is 9.61. The van der Waals surface area contributed by atoms with Crippen LogP contribution in [0.2, 0.25) is 0 Å². The SMILES string of the molecule is CC[C@@H](NC(=O)CN(c1cc([N+](=O)[O-])ccc1C)S(C)(=O)=O)c1ccc(C)cc1C. The molecule has 1 N–H and O–H groups in total. The van der Waals surface area contributed by atoms with Gasteiger partial charge in [0, 0.05) is 12.1 Å². The first-order valence-electron chi connectivity index (χ1n) is 9.53. The van der Waals surface area contributed by atoms with Gasteiger partial charge in [0.05, 0.1) is 22.9 Å². The minimum absolute atomic E-state index is 0.112. The molecule has 0 radical (unpaired) electrons. The van der Waals surface area contributed by atoms with Crippen molar-refractivity contribution in [1.29, 1.82) is 0 Å². The zero-order chi connectivity index (χ0) is 22.6. The number of rotatable bonds is 8. The standard InChI is InChI=1S/C21H27N3O5S/c1-6-19(18-10-7-14(2)11-16(18)4)22-21(25)13-23(30(5,28)29)20-12-17(24(26)27)9-8-15(20)3/h7-12,19H,6,13H2,1-5H3,(H,22,25)/t19-/m1/s1. The van der Waals surface area contributed by atoms with Crippen LogP contribution in [-0.4, -0.2) is 32.0 Å². The Hall–Kier alpha value is -2.94. The molecule has 2 aromatic carbocycles. The first kappa shape index (κ1) is 23.3. The van der Waals surface area contributed by atoms with Crippen molar-refractivity contribution in [2.75, 3.05) is 17.1 Å². The number of benzene rings is 2. The maximum absolute atomic E-state index is 12.8. The third-order valence-corrected chi connectivity index (χ3v) is 6.03. The Bertz CT molecular complexity index is 1070. The fourth-order valence-electron chi connectivity index (χ4n) is 3.35. The van der Waals surface area contributed by atoms with Crippen LogP contribution in [0.5, 0.6) is 0 Å². The van der Waals surface area contributed by atoms with Gasteiger partial charge in [0.1, 0.15) is 6.54 Å². The number of aryl methyl sites for hydroxylation is 3. The molecule has 0 aliphatic carbocycles. The number of carbonyl (C=O) groups is 1. The highest BCUT2D eigenvalue weighted by atomic mass is 32.2. The molecular weight excluding hydrogens is 406 g/mol. The monoisotopic (exact) mass is 433 g/mol. The van der Waals surface area contributed by atoms with Gasteiger partial charge >= 0.3 is 0 Å². The van der Waals surface area contributed by atoms with E-state index in [1.165, 1.54) is 18.2 Å². The van der Waals surface area contributed by atoms with E-state index in [9.17, 15) is 23.3 Å². The summed E-state index contributed by atoms with van der Waals surface area (Å²) >= 11 is 0. The Labute approximate surface area is 177 Å². The van der Waals surface area contributed by atoms with Crippen LogP contribution < -0.4 is 9.62 Å². The van der Waals surface area contributed by atoms with Gasteiger partial charge in [-0.2, -0.15) is 0 Å². The van der Waals surface area contributed by atoms with Gasteiger partial charge in [0.25, 0.3) is 5.69 Å². The van der Waals surface area contributed by atoms with Crippen molar-refractivity contribution < 1.29 is 18.1 Å². The summed E-state index contributed by atoms with van der Waals surface area (Å²) in [6.07, 6.45) is 1.60. The summed E-state index contributed by atoms with van der Waals surface area (Å²) in [5, 5.41) is 14.0. The largest absolute Gasteiger partial charge is 0.348 e. The summed E-state index contributed by atoms with van der Waals surface area (Å²) in [4.78, 5) is 23.3. The van der Waals surface area contributed by atoms with Gasteiger partial charge in [-0.05, 0) is 43.9 Å². The highest BCUT2D eigenvalue weighted by Crippen LogP contribution is 2.28. The number of amides is 1. The number of nitro benzene ring substituents is 1. The Morgan fingerprint density at radius 3 is 2.33 bits per heavy atom. The van der Waals surface area contributed by atoms with Crippen molar-refractivity contribution in [1.82, 2.24) is 5.32 Å². The molecule has 0 spiro atoms. The molecule has 0 saturated carbocycles. The molecule has 1 atom stereocenters. The normalized spacial score (nSPS) is 12.3. The van der Waals surface area contributed by atoms with Gasteiger partial charge in [0.15, 0.2) is 0 Å². The molecule has 1 amide bonds. The van der Waals surface area contributed by atoms with Crippen LogP contribution in [0.3, 0.4) is 0 Å². The maximum atomic E-state index is 12.8. The first-order valence-corrected chi connectivity index (χ1v) is 11.4.